The first-order valence-corrected chi connectivity index (χ1v) is 10.6. The van der Waals surface area contributed by atoms with Crippen molar-refractivity contribution >= 4 is 32.5 Å². The minimum Gasteiger partial charge on any atom is -0.306 e. The highest BCUT2D eigenvalue weighted by Gasteiger charge is 2.31. The second-order valence-electron chi connectivity index (χ2n) is 7.17. The van der Waals surface area contributed by atoms with Gasteiger partial charge in [0.2, 0.25) is 0 Å². The molecular weight excluding hydrogens is 387 g/mol. The molecule has 0 bridgehead atoms. The monoisotopic (exact) mass is 406 g/mol. The van der Waals surface area contributed by atoms with Gasteiger partial charge >= 0.3 is 0 Å². The third kappa shape index (κ3) is 3.06. The summed E-state index contributed by atoms with van der Waals surface area (Å²) in [5, 5.41) is 1.03. The van der Waals surface area contributed by atoms with E-state index in [-0.39, 0.29) is 10.7 Å². The maximum absolute atomic E-state index is 14.0. The Kier molecular flexibility index (Phi) is 4.53. The van der Waals surface area contributed by atoms with E-state index in [1.807, 2.05) is 14.1 Å². The number of hydrogen-bond donors (Lipinski definition) is 0. The third-order valence-corrected chi connectivity index (χ3v) is 7.30. The fraction of sp³-hybridized carbons (Fsp3) is 0.300. The summed E-state index contributed by atoms with van der Waals surface area (Å²) < 4.78 is 42.2. The summed E-state index contributed by atoms with van der Waals surface area (Å²) in [4.78, 5) is 2.27. The van der Waals surface area contributed by atoms with Crippen LogP contribution in [0.1, 0.15) is 17.7 Å². The van der Waals surface area contributed by atoms with Crippen LogP contribution in [0, 0.1) is 5.82 Å². The third-order valence-electron chi connectivity index (χ3n) is 5.31. The van der Waals surface area contributed by atoms with Crippen molar-refractivity contribution < 1.29 is 12.8 Å². The Morgan fingerprint density at radius 3 is 2.67 bits per heavy atom. The van der Waals surface area contributed by atoms with E-state index in [1.54, 1.807) is 18.2 Å². The summed E-state index contributed by atoms with van der Waals surface area (Å²) in [5.41, 5.74) is 2.18. The molecule has 0 N–H and O–H groups in total. The van der Waals surface area contributed by atoms with Crippen LogP contribution in [-0.4, -0.2) is 37.4 Å². The number of hydrogen-bond acceptors (Lipinski definition) is 3. The summed E-state index contributed by atoms with van der Waals surface area (Å²) in [5.74, 6) is -0.366. The van der Waals surface area contributed by atoms with Crippen LogP contribution >= 0.6 is 11.6 Å². The minimum absolute atomic E-state index is 0.133. The molecule has 142 valence electrons. The van der Waals surface area contributed by atoms with Crippen molar-refractivity contribution in [2.24, 2.45) is 0 Å². The van der Waals surface area contributed by atoms with Gasteiger partial charge in [-0.3, -0.25) is 0 Å². The van der Waals surface area contributed by atoms with Gasteiger partial charge in [0.15, 0.2) is 0 Å². The number of aromatic nitrogens is 1. The first-order valence-electron chi connectivity index (χ1n) is 8.78. The highest BCUT2D eigenvalue weighted by Crippen LogP contribution is 2.36. The molecule has 0 aliphatic heterocycles. The molecule has 7 heteroatoms. The van der Waals surface area contributed by atoms with Gasteiger partial charge in [-0.2, -0.15) is 0 Å². The van der Waals surface area contributed by atoms with Crippen LogP contribution in [0.2, 0.25) is 5.02 Å². The number of halogens is 2. The molecule has 1 aromatic heterocycles. The average molecular weight is 407 g/mol. The standard InChI is InChI=1S/C20H20ClFN2O2S/c1-23(2)15-7-9-20-18(12-15)17-11-14(22)6-8-19(17)24(20)27(25,26)16-5-3-4-13(21)10-16/h3-6,8,10-11,15H,7,9,12H2,1-2H3. The summed E-state index contributed by atoms with van der Waals surface area (Å²) in [7, 11) is 0.183. The van der Waals surface area contributed by atoms with Crippen molar-refractivity contribution in [2.45, 2.75) is 30.2 Å². The fourth-order valence-corrected chi connectivity index (χ4v) is 5.82. The number of rotatable bonds is 3. The van der Waals surface area contributed by atoms with Crippen molar-refractivity contribution in [3.8, 4) is 0 Å². The normalized spacial score (nSPS) is 17.4. The second-order valence-corrected chi connectivity index (χ2v) is 9.40. The Hall–Kier alpha value is -1.89. The van der Waals surface area contributed by atoms with E-state index in [4.69, 9.17) is 11.6 Å². The SMILES string of the molecule is CN(C)C1CCc2c(c3cc(F)ccc3n2S(=O)(=O)c2cccc(Cl)c2)C1. The van der Waals surface area contributed by atoms with Crippen molar-refractivity contribution in [1.29, 1.82) is 0 Å². The topological polar surface area (TPSA) is 42.3 Å². The molecule has 1 atom stereocenters. The molecule has 0 saturated carbocycles. The molecule has 4 nitrogen and oxygen atoms in total. The number of likely N-dealkylation sites (N-methyl/N-ethyl adjacent to an activating group) is 1. The minimum atomic E-state index is -3.84. The molecule has 2 aromatic carbocycles. The zero-order chi connectivity index (χ0) is 19.3. The summed E-state index contributed by atoms with van der Waals surface area (Å²) >= 11 is 6.02. The Labute approximate surface area is 163 Å². The van der Waals surface area contributed by atoms with Crippen LogP contribution in [-0.2, 0) is 22.9 Å². The Bertz CT molecular complexity index is 1140. The zero-order valence-corrected chi connectivity index (χ0v) is 16.7. The van der Waals surface area contributed by atoms with Gasteiger partial charge in [-0.15, -0.1) is 0 Å². The predicted octanol–water partition coefficient (Wildman–Crippen LogP) is 4.09. The summed E-state index contributed by atoms with van der Waals surface area (Å²) in [6, 6.07) is 10.8. The first-order chi connectivity index (χ1) is 12.8. The van der Waals surface area contributed by atoms with E-state index in [1.165, 1.54) is 28.2 Å². The molecule has 4 rings (SSSR count). The average Bonchev–Trinajstić information content (AvgIpc) is 2.95. The van der Waals surface area contributed by atoms with E-state index >= 15 is 0 Å². The van der Waals surface area contributed by atoms with Gasteiger partial charge in [0.1, 0.15) is 5.82 Å². The lowest BCUT2D eigenvalue weighted by Crippen LogP contribution is -2.34. The van der Waals surface area contributed by atoms with Gasteiger partial charge in [0, 0.05) is 22.1 Å². The molecule has 1 heterocycles. The second kappa shape index (κ2) is 6.62. The van der Waals surface area contributed by atoms with Crippen molar-refractivity contribution in [2.75, 3.05) is 14.1 Å². The van der Waals surface area contributed by atoms with Gasteiger partial charge in [0.05, 0.1) is 10.4 Å². The van der Waals surface area contributed by atoms with E-state index in [9.17, 15) is 12.8 Å². The molecular formula is C20H20ClFN2O2S. The maximum atomic E-state index is 14.0. The lowest BCUT2D eigenvalue weighted by Gasteiger charge is -2.29. The summed E-state index contributed by atoms with van der Waals surface area (Å²) in [6.07, 6.45) is 2.17. The van der Waals surface area contributed by atoms with Crippen molar-refractivity contribution in [1.82, 2.24) is 8.87 Å². The Morgan fingerprint density at radius 1 is 1.19 bits per heavy atom. The lowest BCUT2D eigenvalue weighted by molar-refractivity contribution is 0.267. The highest BCUT2D eigenvalue weighted by atomic mass is 35.5. The van der Waals surface area contributed by atoms with Crippen LogP contribution in [0.15, 0.2) is 47.4 Å². The van der Waals surface area contributed by atoms with Crippen LogP contribution < -0.4 is 0 Å². The van der Waals surface area contributed by atoms with E-state index in [0.717, 1.165) is 17.7 Å². The Balaban J connectivity index is 2.00. The first kappa shape index (κ1) is 18.5. The molecule has 1 unspecified atom stereocenters. The zero-order valence-electron chi connectivity index (χ0n) is 15.1. The smallest absolute Gasteiger partial charge is 0.268 e. The largest absolute Gasteiger partial charge is 0.306 e. The van der Waals surface area contributed by atoms with Crippen LogP contribution in [0.25, 0.3) is 10.9 Å². The van der Waals surface area contributed by atoms with Crippen molar-refractivity contribution in [3.63, 3.8) is 0 Å². The van der Waals surface area contributed by atoms with Gasteiger partial charge in [-0.05, 0) is 75.3 Å². The van der Waals surface area contributed by atoms with Gasteiger partial charge in [0.25, 0.3) is 10.0 Å². The molecule has 0 spiro atoms. The van der Waals surface area contributed by atoms with E-state index in [2.05, 4.69) is 4.90 Å². The molecule has 1 aliphatic carbocycles. The fourth-order valence-electron chi connectivity index (χ4n) is 3.92. The molecule has 3 aromatic rings. The lowest BCUT2D eigenvalue weighted by atomic mass is 9.91. The number of nitrogens with zero attached hydrogens (tertiary/aromatic N) is 2. The number of fused-ring (bicyclic) bond motifs is 3. The molecule has 0 amide bonds. The quantitative estimate of drug-likeness (QED) is 0.658. The van der Waals surface area contributed by atoms with Crippen LogP contribution in [0.5, 0.6) is 0 Å². The van der Waals surface area contributed by atoms with Gasteiger partial charge in [-0.1, -0.05) is 17.7 Å². The molecule has 1 aliphatic rings. The van der Waals surface area contributed by atoms with Gasteiger partial charge in [-0.25, -0.2) is 16.8 Å². The van der Waals surface area contributed by atoms with Gasteiger partial charge < -0.3 is 4.90 Å². The molecule has 27 heavy (non-hydrogen) atoms. The Morgan fingerprint density at radius 2 is 1.96 bits per heavy atom. The van der Waals surface area contributed by atoms with Crippen LogP contribution in [0.4, 0.5) is 4.39 Å². The van der Waals surface area contributed by atoms with Crippen LogP contribution in [0.3, 0.4) is 0 Å². The van der Waals surface area contributed by atoms with Crippen molar-refractivity contribution in [3.05, 3.63) is 64.6 Å². The highest BCUT2D eigenvalue weighted by molar-refractivity contribution is 7.90. The summed E-state index contributed by atoms with van der Waals surface area (Å²) in [6.45, 7) is 0. The van der Waals surface area contributed by atoms with E-state index < -0.39 is 10.0 Å². The molecule has 0 radical (unpaired) electrons. The predicted molar refractivity (Wildman–Crippen MR) is 105 cm³/mol. The molecule has 0 fully saturated rings. The number of benzene rings is 2. The molecule has 0 saturated heterocycles. The van der Waals surface area contributed by atoms with E-state index in [0.29, 0.717) is 34.8 Å². The maximum Gasteiger partial charge on any atom is 0.268 e.